The highest BCUT2D eigenvalue weighted by Gasteiger charge is 2.26. The number of esters is 1. The summed E-state index contributed by atoms with van der Waals surface area (Å²) in [6.45, 7) is 3.59. The Kier molecular flexibility index (Phi) is 7.60. The van der Waals surface area contributed by atoms with E-state index >= 15 is 0 Å². The molecule has 3 aromatic rings. The van der Waals surface area contributed by atoms with Gasteiger partial charge < -0.3 is 9.47 Å². The predicted molar refractivity (Wildman–Crippen MR) is 120 cm³/mol. The third-order valence-corrected chi connectivity index (χ3v) is 7.71. The Morgan fingerprint density at radius 2 is 1.91 bits per heavy atom. The first kappa shape index (κ1) is 23.8. The molecule has 0 aliphatic carbocycles. The molecule has 0 bridgehead atoms. The van der Waals surface area contributed by atoms with Crippen LogP contribution < -0.4 is 4.74 Å². The van der Waals surface area contributed by atoms with Crippen LogP contribution in [-0.2, 0) is 21.4 Å². The van der Waals surface area contributed by atoms with Crippen molar-refractivity contribution < 1.29 is 27.1 Å². The van der Waals surface area contributed by atoms with E-state index in [1.54, 1.807) is 26.3 Å². The number of aromatic nitrogens is 1. The number of ether oxygens (including phenoxy) is 2. The van der Waals surface area contributed by atoms with E-state index < -0.39 is 26.7 Å². The van der Waals surface area contributed by atoms with Crippen molar-refractivity contribution in [1.82, 2.24) is 9.29 Å². The van der Waals surface area contributed by atoms with Gasteiger partial charge >= 0.3 is 5.97 Å². The van der Waals surface area contributed by atoms with Gasteiger partial charge in [0.25, 0.3) is 0 Å². The fourth-order valence-electron chi connectivity index (χ4n) is 3.02. The topological polar surface area (TPSA) is 85.8 Å². The van der Waals surface area contributed by atoms with E-state index in [9.17, 15) is 17.6 Å². The average Bonchev–Trinajstić information content (AvgIpc) is 3.27. The second-order valence-corrected chi connectivity index (χ2v) is 9.45. The molecule has 0 saturated carbocycles. The number of hydrogen-bond donors (Lipinski definition) is 0. The van der Waals surface area contributed by atoms with E-state index in [1.165, 1.54) is 17.4 Å². The molecule has 2 aromatic carbocycles. The lowest BCUT2D eigenvalue weighted by atomic mass is 10.2. The second-order valence-electron chi connectivity index (χ2n) is 6.69. The van der Waals surface area contributed by atoms with Crippen molar-refractivity contribution in [3.63, 3.8) is 0 Å². The van der Waals surface area contributed by atoms with Gasteiger partial charge in [-0.05, 0) is 30.3 Å². The van der Waals surface area contributed by atoms with Crippen LogP contribution >= 0.6 is 11.3 Å². The molecule has 0 saturated heterocycles. The summed E-state index contributed by atoms with van der Waals surface area (Å²) in [7, 11) is -2.48. The van der Waals surface area contributed by atoms with Crippen LogP contribution in [-0.4, -0.2) is 43.9 Å². The molecule has 10 heteroatoms. The summed E-state index contributed by atoms with van der Waals surface area (Å²) >= 11 is 1.39. The highest BCUT2D eigenvalue weighted by molar-refractivity contribution is 7.89. The molecule has 0 spiro atoms. The molecule has 0 atom stereocenters. The van der Waals surface area contributed by atoms with Gasteiger partial charge in [-0.2, -0.15) is 4.31 Å². The molecule has 0 radical (unpaired) electrons. The predicted octanol–water partition coefficient (Wildman–Crippen LogP) is 4.35. The lowest BCUT2D eigenvalue weighted by Crippen LogP contribution is -2.31. The maximum Gasteiger partial charge on any atom is 0.338 e. The van der Waals surface area contributed by atoms with Gasteiger partial charge in [-0.15, -0.1) is 11.3 Å². The zero-order valence-corrected chi connectivity index (χ0v) is 19.5. The third-order valence-electron chi connectivity index (χ3n) is 4.71. The van der Waals surface area contributed by atoms with Crippen molar-refractivity contribution in [2.75, 3.05) is 20.2 Å². The van der Waals surface area contributed by atoms with Crippen molar-refractivity contribution in [2.45, 2.75) is 25.3 Å². The molecule has 0 unspecified atom stereocenters. The van der Waals surface area contributed by atoms with E-state index in [-0.39, 0.29) is 25.3 Å². The molecule has 32 heavy (non-hydrogen) atoms. The summed E-state index contributed by atoms with van der Waals surface area (Å²) in [6.07, 6.45) is 0. The van der Waals surface area contributed by atoms with Crippen LogP contribution in [0.3, 0.4) is 0 Å². The molecule has 1 aromatic heterocycles. The van der Waals surface area contributed by atoms with Crippen LogP contribution in [0, 0.1) is 5.82 Å². The van der Waals surface area contributed by atoms with Gasteiger partial charge in [0.05, 0.1) is 18.4 Å². The summed E-state index contributed by atoms with van der Waals surface area (Å²) in [5.41, 5.74) is 1.36. The molecular weight excluding hydrogens is 455 g/mol. The van der Waals surface area contributed by atoms with E-state index in [2.05, 4.69) is 4.98 Å². The molecule has 3 rings (SSSR count). The van der Waals surface area contributed by atoms with Crippen LogP contribution in [0.4, 0.5) is 4.39 Å². The van der Waals surface area contributed by atoms with Gasteiger partial charge in [-0.3, -0.25) is 0 Å². The van der Waals surface area contributed by atoms with Crippen molar-refractivity contribution in [1.29, 1.82) is 0 Å². The molecule has 0 fully saturated rings. The number of thiazole rings is 1. The Hall–Kier alpha value is -2.82. The lowest BCUT2D eigenvalue weighted by Gasteiger charge is -2.19. The van der Waals surface area contributed by atoms with Crippen LogP contribution in [0.5, 0.6) is 5.75 Å². The van der Waals surface area contributed by atoms with Crippen LogP contribution in [0.1, 0.15) is 29.9 Å². The normalized spacial score (nSPS) is 11.5. The van der Waals surface area contributed by atoms with Crippen LogP contribution in [0.2, 0.25) is 0 Å². The average molecular weight is 479 g/mol. The molecule has 1 heterocycles. The number of nitrogens with zero attached hydrogens (tertiary/aromatic N) is 2. The molecule has 170 valence electrons. The highest BCUT2D eigenvalue weighted by Crippen LogP contribution is 2.27. The van der Waals surface area contributed by atoms with Crippen molar-refractivity contribution >= 4 is 27.3 Å². The Balaban J connectivity index is 1.74. The standard InChI is InChI=1S/C22H23FN2O5S2/c1-4-25(5-2)32(27,28)20-12-16(9-10-19(20)23)22(26)30-13-17-14-31-21(24-17)15-7-6-8-18(11-15)29-3/h6-12,14H,4-5,13H2,1-3H3. The largest absolute Gasteiger partial charge is 0.497 e. The van der Waals surface area contributed by atoms with Crippen LogP contribution in [0.25, 0.3) is 10.6 Å². The SMILES string of the molecule is CCN(CC)S(=O)(=O)c1cc(C(=O)OCc2csc(-c3cccc(OC)c3)n2)ccc1F. The molecular formula is C22H23FN2O5S2. The minimum absolute atomic E-state index is 0.0552. The summed E-state index contributed by atoms with van der Waals surface area (Å²) in [5, 5.41) is 2.51. The summed E-state index contributed by atoms with van der Waals surface area (Å²) in [5.74, 6) is -0.981. The first-order valence-corrected chi connectivity index (χ1v) is 12.2. The van der Waals surface area contributed by atoms with Gasteiger partial charge in [0.15, 0.2) is 0 Å². The summed E-state index contributed by atoms with van der Waals surface area (Å²) in [6, 6.07) is 10.6. The third kappa shape index (κ3) is 5.14. The molecule has 7 nitrogen and oxygen atoms in total. The minimum atomic E-state index is -4.06. The van der Waals surface area contributed by atoms with Crippen molar-refractivity contribution in [3.8, 4) is 16.3 Å². The molecule has 0 amide bonds. The number of halogens is 1. The Morgan fingerprint density at radius 1 is 1.16 bits per heavy atom. The highest BCUT2D eigenvalue weighted by atomic mass is 32.2. The van der Waals surface area contributed by atoms with E-state index in [0.29, 0.717) is 11.4 Å². The first-order chi connectivity index (χ1) is 15.3. The van der Waals surface area contributed by atoms with Gasteiger partial charge in [-0.25, -0.2) is 22.6 Å². The van der Waals surface area contributed by atoms with E-state index in [0.717, 1.165) is 27.0 Å². The number of sulfonamides is 1. The Labute approximate surface area is 190 Å². The molecule has 0 aliphatic heterocycles. The number of hydrogen-bond acceptors (Lipinski definition) is 7. The monoisotopic (exact) mass is 478 g/mol. The molecule has 0 aliphatic rings. The van der Waals surface area contributed by atoms with Crippen LogP contribution in [0.15, 0.2) is 52.7 Å². The maximum absolute atomic E-state index is 14.3. The van der Waals surface area contributed by atoms with E-state index in [1.807, 2.05) is 24.3 Å². The summed E-state index contributed by atoms with van der Waals surface area (Å²) in [4.78, 5) is 16.4. The smallest absolute Gasteiger partial charge is 0.338 e. The Morgan fingerprint density at radius 3 is 2.59 bits per heavy atom. The number of methoxy groups -OCH3 is 1. The number of carbonyl (C=O) groups is 1. The lowest BCUT2D eigenvalue weighted by molar-refractivity contribution is 0.0468. The first-order valence-electron chi connectivity index (χ1n) is 9.85. The van der Waals surface area contributed by atoms with Gasteiger partial charge in [-0.1, -0.05) is 26.0 Å². The fourth-order valence-corrected chi connectivity index (χ4v) is 5.37. The zero-order chi connectivity index (χ0) is 23.3. The zero-order valence-electron chi connectivity index (χ0n) is 17.9. The summed E-state index contributed by atoms with van der Waals surface area (Å²) < 4.78 is 51.2. The second kappa shape index (κ2) is 10.2. The van der Waals surface area contributed by atoms with E-state index in [4.69, 9.17) is 9.47 Å². The quantitative estimate of drug-likeness (QED) is 0.425. The van der Waals surface area contributed by atoms with Gasteiger partial charge in [0, 0.05) is 24.0 Å². The van der Waals surface area contributed by atoms with Crippen molar-refractivity contribution in [3.05, 3.63) is 64.9 Å². The molecule has 0 N–H and O–H groups in total. The fraction of sp³-hybridized carbons (Fsp3) is 0.273. The van der Waals surface area contributed by atoms with Gasteiger partial charge in [0.1, 0.15) is 28.1 Å². The van der Waals surface area contributed by atoms with Crippen molar-refractivity contribution in [2.24, 2.45) is 0 Å². The number of carbonyl (C=O) groups excluding carboxylic acids is 1. The number of benzene rings is 2. The minimum Gasteiger partial charge on any atom is -0.497 e. The Bertz CT molecular complexity index is 1210. The number of rotatable bonds is 9. The van der Waals surface area contributed by atoms with Gasteiger partial charge in [0.2, 0.25) is 10.0 Å². The maximum atomic E-state index is 14.3.